The maximum Gasteiger partial charge on any atom is 0.225 e. The van der Waals surface area contributed by atoms with Gasteiger partial charge in [-0.2, -0.15) is 0 Å². The molecule has 0 spiro atoms. The van der Waals surface area contributed by atoms with Crippen molar-refractivity contribution in [3.05, 3.63) is 107 Å². The highest BCUT2D eigenvalue weighted by molar-refractivity contribution is 6.31. The Morgan fingerprint density at radius 2 is 1.53 bits per heavy atom. The summed E-state index contributed by atoms with van der Waals surface area (Å²) in [5.41, 5.74) is 3.31. The Hall–Kier alpha value is -2.62. The monoisotopic (exact) mass is 418 g/mol. The number of hydrogen-bond donors (Lipinski definition) is 1. The van der Waals surface area contributed by atoms with Crippen LogP contribution in [0.3, 0.4) is 0 Å². The molecule has 1 aliphatic rings. The number of amides is 1. The van der Waals surface area contributed by atoms with Crippen LogP contribution in [0.4, 0.5) is 0 Å². The molecule has 1 N–H and O–H groups in total. The Morgan fingerprint density at radius 1 is 0.933 bits per heavy atom. The maximum absolute atomic E-state index is 13.3. The fourth-order valence-electron chi connectivity index (χ4n) is 4.19. The van der Waals surface area contributed by atoms with Crippen molar-refractivity contribution in [2.45, 2.75) is 25.4 Å². The highest BCUT2D eigenvalue weighted by Gasteiger charge is 2.28. The Bertz CT molecular complexity index is 922. The normalized spacial score (nSPS) is 17.1. The summed E-state index contributed by atoms with van der Waals surface area (Å²) in [4.78, 5) is 15.6. The summed E-state index contributed by atoms with van der Waals surface area (Å²) in [6, 6.07) is 28.2. The van der Waals surface area contributed by atoms with E-state index in [-0.39, 0.29) is 17.9 Å². The molecule has 154 valence electrons. The SMILES string of the molecule is O=C(NC(c1ccccc1)c1ccccc1)C1CCCN(Cc2ccccc2Cl)C1. The Morgan fingerprint density at radius 3 is 2.17 bits per heavy atom. The molecule has 1 unspecified atom stereocenters. The second-order valence-corrected chi connectivity index (χ2v) is 8.34. The molecular weight excluding hydrogens is 392 g/mol. The first-order valence-corrected chi connectivity index (χ1v) is 10.9. The Balaban J connectivity index is 1.46. The summed E-state index contributed by atoms with van der Waals surface area (Å²) in [5.74, 6) is 0.104. The van der Waals surface area contributed by atoms with Crippen LogP contribution in [-0.2, 0) is 11.3 Å². The van der Waals surface area contributed by atoms with E-state index in [1.807, 2.05) is 54.6 Å². The van der Waals surface area contributed by atoms with Crippen LogP contribution in [0.2, 0.25) is 5.02 Å². The van der Waals surface area contributed by atoms with Crippen molar-refractivity contribution >= 4 is 17.5 Å². The third-order valence-electron chi connectivity index (χ3n) is 5.78. The van der Waals surface area contributed by atoms with E-state index in [1.165, 1.54) is 0 Å². The smallest absolute Gasteiger partial charge is 0.225 e. The molecule has 1 fully saturated rings. The van der Waals surface area contributed by atoms with Crippen molar-refractivity contribution in [2.75, 3.05) is 13.1 Å². The summed E-state index contributed by atoms with van der Waals surface area (Å²) in [7, 11) is 0. The van der Waals surface area contributed by atoms with Crippen molar-refractivity contribution in [3.63, 3.8) is 0 Å². The average molecular weight is 419 g/mol. The van der Waals surface area contributed by atoms with Crippen molar-refractivity contribution in [1.29, 1.82) is 0 Å². The molecule has 4 heteroatoms. The lowest BCUT2D eigenvalue weighted by Gasteiger charge is -2.33. The number of rotatable bonds is 6. The summed E-state index contributed by atoms with van der Waals surface area (Å²) in [6.45, 7) is 2.54. The highest BCUT2D eigenvalue weighted by Crippen LogP contribution is 2.25. The molecule has 0 aromatic heterocycles. The molecule has 1 atom stereocenters. The molecule has 0 bridgehead atoms. The van der Waals surface area contributed by atoms with Gasteiger partial charge < -0.3 is 5.32 Å². The van der Waals surface area contributed by atoms with E-state index in [2.05, 4.69) is 40.5 Å². The molecule has 4 rings (SSSR count). The summed E-state index contributed by atoms with van der Waals surface area (Å²) < 4.78 is 0. The highest BCUT2D eigenvalue weighted by atomic mass is 35.5. The average Bonchev–Trinajstić information content (AvgIpc) is 2.80. The molecule has 1 aliphatic heterocycles. The lowest BCUT2D eigenvalue weighted by molar-refractivity contribution is -0.127. The second kappa shape index (κ2) is 9.92. The van der Waals surface area contributed by atoms with Gasteiger partial charge in [-0.3, -0.25) is 9.69 Å². The van der Waals surface area contributed by atoms with Crippen LogP contribution in [0.1, 0.15) is 35.6 Å². The van der Waals surface area contributed by atoms with Crippen LogP contribution in [0.25, 0.3) is 0 Å². The largest absolute Gasteiger partial charge is 0.345 e. The number of halogens is 1. The van der Waals surface area contributed by atoms with E-state index in [0.717, 1.165) is 54.2 Å². The van der Waals surface area contributed by atoms with Crippen LogP contribution in [0.5, 0.6) is 0 Å². The van der Waals surface area contributed by atoms with Gasteiger partial charge in [-0.1, -0.05) is 90.5 Å². The van der Waals surface area contributed by atoms with E-state index < -0.39 is 0 Å². The standard InChI is InChI=1S/C26H27ClN2O/c27-24-16-8-7-14-22(24)18-29-17-9-15-23(19-29)26(30)28-25(20-10-3-1-4-11-20)21-12-5-2-6-13-21/h1-8,10-14,16,23,25H,9,15,17-19H2,(H,28,30). The van der Waals surface area contributed by atoms with Crippen LogP contribution in [0, 0.1) is 5.92 Å². The van der Waals surface area contributed by atoms with Crippen molar-refractivity contribution < 1.29 is 4.79 Å². The molecular formula is C26H27ClN2O. The van der Waals surface area contributed by atoms with Gasteiger partial charge in [0.1, 0.15) is 0 Å². The fourth-order valence-corrected chi connectivity index (χ4v) is 4.39. The minimum atomic E-state index is -0.140. The van der Waals surface area contributed by atoms with Crippen LogP contribution < -0.4 is 5.32 Å². The van der Waals surface area contributed by atoms with Crippen LogP contribution >= 0.6 is 11.6 Å². The number of likely N-dealkylation sites (tertiary alicyclic amines) is 1. The number of benzene rings is 3. The van der Waals surface area contributed by atoms with Crippen molar-refractivity contribution in [2.24, 2.45) is 5.92 Å². The van der Waals surface area contributed by atoms with E-state index in [9.17, 15) is 4.79 Å². The summed E-state index contributed by atoms with van der Waals surface area (Å²) >= 11 is 6.34. The predicted octanol–water partition coefficient (Wildman–Crippen LogP) is 5.46. The van der Waals surface area contributed by atoms with Gasteiger partial charge in [0.15, 0.2) is 0 Å². The molecule has 3 nitrogen and oxygen atoms in total. The lowest BCUT2D eigenvalue weighted by Crippen LogP contribution is -2.43. The first kappa shape index (κ1) is 20.6. The van der Waals surface area contributed by atoms with Gasteiger partial charge >= 0.3 is 0 Å². The summed E-state index contributed by atoms with van der Waals surface area (Å²) in [5, 5.41) is 4.11. The minimum absolute atomic E-state index is 0.0174. The number of carbonyl (C=O) groups is 1. The van der Waals surface area contributed by atoms with Gasteiger partial charge in [-0.15, -0.1) is 0 Å². The van der Waals surface area contributed by atoms with Crippen molar-refractivity contribution in [1.82, 2.24) is 10.2 Å². The number of carbonyl (C=O) groups excluding carboxylic acids is 1. The topological polar surface area (TPSA) is 32.3 Å². The number of hydrogen-bond acceptors (Lipinski definition) is 2. The molecule has 0 saturated carbocycles. The Labute approximate surface area is 183 Å². The molecule has 0 radical (unpaired) electrons. The lowest BCUT2D eigenvalue weighted by atomic mass is 9.94. The van der Waals surface area contributed by atoms with E-state index in [1.54, 1.807) is 0 Å². The van der Waals surface area contributed by atoms with Gasteiger partial charge in [-0.05, 0) is 42.1 Å². The molecule has 3 aromatic carbocycles. The van der Waals surface area contributed by atoms with Gasteiger partial charge in [0.25, 0.3) is 0 Å². The molecule has 1 amide bonds. The number of nitrogens with one attached hydrogen (secondary N) is 1. The zero-order chi connectivity index (χ0) is 20.8. The maximum atomic E-state index is 13.3. The first-order chi connectivity index (χ1) is 14.7. The van der Waals surface area contributed by atoms with Crippen LogP contribution in [0.15, 0.2) is 84.9 Å². The van der Waals surface area contributed by atoms with Gasteiger partial charge in [-0.25, -0.2) is 0 Å². The van der Waals surface area contributed by atoms with E-state index in [0.29, 0.717) is 0 Å². The molecule has 3 aromatic rings. The minimum Gasteiger partial charge on any atom is -0.345 e. The summed E-state index contributed by atoms with van der Waals surface area (Å²) in [6.07, 6.45) is 1.94. The molecule has 30 heavy (non-hydrogen) atoms. The zero-order valence-corrected chi connectivity index (χ0v) is 17.8. The predicted molar refractivity (Wildman–Crippen MR) is 122 cm³/mol. The zero-order valence-electron chi connectivity index (χ0n) is 17.0. The van der Waals surface area contributed by atoms with E-state index >= 15 is 0 Å². The third kappa shape index (κ3) is 5.10. The molecule has 1 heterocycles. The van der Waals surface area contributed by atoms with Gasteiger partial charge in [0.05, 0.1) is 12.0 Å². The van der Waals surface area contributed by atoms with Gasteiger partial charge in [0.2, 0.25) is 5.91 Å². The van der Waals surface area contributed by atoms with Crippen LogP contribution in [-0.4, -0.2) is 23.9 Å². The quantitative estimate of drug-likeness (QED) is 0.576. The fraction of sp³-hybridized carbons (Fsp3) is 0.269. The van der Waals surface area contributed by atoms with Crippen molar-refractivity contribution in [3.8, 4) is 0 Å². The molecule has 1 saturated heterocycles. The Kier molecular flexibility index (Phi) is 6.83. The van der Waals surface area contributed by atoms with Gasteiger partial charge in [0, 0.05) is 18.1 Å². The second-order valence-electron chi connectivity index (χ2n) is 7.93. The molecule has 0 aliphatic carbocycles. The number of nitrogens with zero attached hydrogens (tertiary/aromatic N) is 1. The third-order valence-corrected chi connectivity index (χ3v) is 6.15. The van der Waals surface area contributed by atoms with E-state index in [4.69, 9.17) is 11.6 Å². The first-order valence-electron chi connectivity index (χ1n) is 10.6. The number of piperidine rings is 1.